The Kier molecular flexibility index (Phi) is 3.44. The van der Waals surface area contributed by atoms with E-state index in [4.69, 9.17) is 5.11 Å². The summed E-state index contributed by atoms with van der Waals surface area (Å²) in [5.74, 6) is -1.59. The van der Waals surface area contributed by atoms with Crippen molar-refractivity contribution in [1.82, 2.24) is 10.2 Å². The molecule has 0 aliphatic carbocycles. The second-order valence-corrected chi connectivity index (χ2v) is 1.05. The Balaban J connectivity index is 0.000000640. The summed E-state index contributed by atoms with van der Waals surface area (Å²) in [7, 11) is 0. The van der Waals surface area contributed by atoms with Crippen molar-refractivity contribution in [2.24, 2.45) is 0 Å². The van der Waals surface area contributed by atoms with Crippen molar-refractivity contribution in [2.75, 3.05) is 0 Å². The molecule has 9 heavy (non-hydrogen) atoms. The van der Waals surface area contributed by atoms with E-state index in [0.29, 0.717) is 0 Å². The van der Waals surface area contributed by atoms with Crippen molar-refractivity contribution in [3.63, 3.8) is 0 Å². The van der Waals surface area contributed by atoms with Gasteiger partial charge in [0.15, 0.2) is 0 Å². The second-order valence-electron chi connectivity index (χ2n) is 1.05. The zero-order valence-electron chi connectivity index (χ0n) is 4.74. The first kappa shape index (κ1) is 8.61. The molecule has 0 amide bonds. The van der Waals surface area contributed by atoms with Gasteiger partial charge in [-0.25, -0.2) is 4.79 Å². The van der Waals surface area contributed by atoms with Crippen molar-refractivity contribution in [1.29, 1.82) is 0 Å². The topological polar surface area (TPSA) is 76.2 Å². The predicted molar refractivity (Wildman–Crippen MR) is 27.0 cm³/mol. The Morgan fingerprint density at radius 1 is 1.78 bits per heavy atom. The van der Waals surface area contributed by atoms with E-state index in [2.05, 4.69) is 14.6 Å². The largest absolute Gasteiger partial charge is 0.474 e. The zero-order chi connectivity index (χ0) is 5.98. The van der Waals surface area contributed by atoms with Gasteiger partial charge < -0.3 is 9.52 Å². The van der Waals surface area contributed by atoms with Crippen molar-refractivity contribution >= 4 is 35.5 Å². The predicted octanol–water partition coefficient (Wildman–Crippen LogP) is -0.613. The van der Waals surface area contributed by atoms with Gasteiger partial charge in [0.05, 0.1) is 0 Å². The number of carboxylic acid groups (broad SMARTS) is 1. The van der Waals surface area contributed by atoms with Gasteiger partial charge in [-0.2, -0.15) is 0 Å². The fourth-order valence-electron chi connectivity index (χ4n) is 0.266. The maximum atomic E-state index is 9.87. The van der Waals surface area contributed by atoms with Crippen LogP contribution in [-0.4, -0.2) is 50.8 Å². The van der Waals surface area contributed by atoms with Gasteiger partial charge in [-0.1, -0.05) is 0 Å². The van der Waals surface area contributed by atoms with E-state index in [0.717, 1.165) is 6.39 Å². The van der Waals surface area contributed by atoms with Gasteiger partial charge in [0.2, 0.25) is 6.39 Å². The fraction of sp³-hybridized carbons (Fsp3) is 0. The summed E-state index contributed by atoms with van der Waals surface area (Å²) in [5.41, 5.74) is 0. The molecular weight excluding hydrogens is 135 g/mol. The van der Waals surface area contributed by atoms with Crippen LogP contribution in [0.5, 0.6) is 0 Å². The molecule has 1 N–H and O–H groups in total. The normalized spacial score (nSPS) is 8.00. The minimum absolute atomic E-state index is 0. The molecular formula is C3H2N2NaO3. The summed E-state index contributed by atoms with van der Waals surface area (Å²) >= 11 is 0. The van der Waals surface area contributed by atoms with E-state index >= 15 is 0 Å². The van der Waals surface area contributed by atoms with Crippen LogP contribution in [0.15, 0.2) is 10.8 Å². The van der Waals surface area contributed by atoms with E-state index in [1.54, 1.807) is 0 Å². The number of carboxylic acids is 1. The van der Waals surface area contributed by atoms with Crippen LogP contribution >= 0.6 is 0 Å². The number of carbonyl (C=O) groups is 1. The molecule has 0 aromatic carbocycles. The first-order valence-electron chi connectivity index (χ1n) is 1.80. The number of rotatable bonds is 1. The average molecular weight is 137 g/mol. The Hall–Kier alpha value is -0.390. The molecule has 1 aromatic heterocycles. The summed E-state index contributed by atoms with van der Waals surface area (Å²) in [4.78, 5) is 9.87. The van der Waals surface area contributed by atoms with Crippen molar-refractivity contribution in [2.45, 2.75) is 0 Å². The molecule has 0 saturated carbocycles. The van der Waals surface area contributed by atoms with E-state index in [9.17, 15) is 4.79 Å². The van der Waals surface area contributed by atoms with Crippen LogP contribution < -0.4 is 0 Å². The number of hydrogen-bond donors (Lipinski definition) is 1. The van der Waals surface area contributed by atoms with Crippen LogP contribution in [0, 0.1) is 0 Å². The molecule has 6 heteroatoms. The molecule has 1 heterocycles. The first-order chi connectivity index (χ1) is 3.80. The van der Waals surface area contributed by atoms with Gasteiger partial charge in [0, 0.05) is 29.6 Å². The van der Waals surface area contributed by atoms with Gasteiger partial charge in [-0.3, -0.25) is 0 Å². The monoisotopic (exact) mass is 137 g/mol. The second kappa shape index (κ2) is 3.60. The molecule has 0 atom stereocenters. The van der Waals surface area contributed by atoms with E-state index < -0.39 is 5.97 Å². The summed E-state index contributed by atoms with van der Waals surface area (Å²) in [6.45, 7) is 0. The van der Waals surface area contributed by atoms with Crippen molar-refractivity contribution in [3.8, 4) is 0 Å². The summed E-state index contributed by atoms with van der Waals surface area (Å²) < 4.78 is 4.27. The van der Waals surface area contributed by atoms with Crippen molar-refractivity contribution < 1.29 is 14.3 Å². The molecule has 0 spiro atoms. The van der Waals surface area contributed by atoms with Crippen LogP contribution in [0.25, 0.3) is 0 Å². The smallest absolute Gasteiger partial charge is 0.393 e. The third-order valence-electron chi connectivity index (χ3n) is 0.543. The standard InChI is InChI=1S/C3H2N2O3.Na/c6-3(7)2-5-4-1-8-2;/h1H,(H,6,7);. The maximum Gasteiger partial charge on any atom is 0.393 e. The van der Waals surface area contributed by atoms with E-state index in [1.807, 2.05) is 0 Å². The first-order valence-corrected chi connectivity index (χ1v) is 1.80. The van der Waals surface area contributed by atoms with E-state index in [-0.39, 0.29) is 35.4 Å². The van der Waals surface area contributed by atoms with Crippen LogP contribution in [0.2, 0.25) is 0 Å². The number of aromatic carboxylic acids is 1. The van der Waals surface area contributed by atoms with Crippen LogP contribution in [0.4, 0.5) is 0 Å². The Morgan fingerprint density at radius 2 is 2.44 bits per heavy atom. The molecule has 1 rings (SSSR count). The van der Waals surface area contributed by atoms with Crippen LogP contribution in [-0.2, 0) is 0 Å². The SMILES string of the molecule is O=C(O)c1nnco1.[Na]. The number of aromatic nitrogens is 2. The Labute approximate surface area is 72.4 Å². The zero-order valence-corrected chi connectivity index (χ0v) is 6.74. The van der Waals surface area contributed by atoms with E-state index in [1.165, 1.54) is 0 Å². The van der Waals surface area contributed by atoms with Crippen LogP contribution in [0.3, 0.4) is 0 Å². The van der Waals surface area contributed by atoms with Gasteiger partial charge in [-0.15, -0.1) is 10.2 Å². The van der Waals surface area contributed by atoms with Gasteiger partial charge in [0.25, 0.3) is 0 Å². The summed E-state index contributed by atoms with van der Waals surface area (Å²) in [6.07, 6.45) is 0.962. The molecule has 0 aliphatic heterocycles. The number of nitrogens with zero attached hydrogens (tertiary/aromatic N) is 2. The fourth-order valence-corrected chi connectivity index (χ4v) is 0.266. The molecule has 0 bridgehead atoms. The summed E-state index contributed by atoms with van der Waals surface area (Å²) in [6, 6.07) is 0. The third kappa shape index (κ3) is 2.13. The van der Waals surface area contributed by atoms with Gasteiger partial charge >= 0.3 is 11.9 Å². The molecule has 1 radical (unpaired) electrons. The molecule has 5 nitrogen and oxygen atoms in total. The van der Waals surface area contributed by atoms with Crippen molar-refractivity contribution in [3.05, 3.63) is 12.3 Å². The molecule has 1 aromatic rings. The molecule has 0 fully saturated rings. The third-order valence-corrected chi connectivity index (χ3v) is 0.543. The maximum absolute atomic E-state index is 9.87. The summed E-state index contributed by atoms with van der Waals surface area (Å²) in [5, 5.41) is 14.3. The Bertz CT molecular complexity index is 185. The van der Waals surface area contributed by atoms with Gasteiger partial charge in [0.1, 0.15) is 0 Å². The molecule has 43 valence electrons. The molecule has 0 unspecified atom stereocenters. The average Bonchev–Trinajstić information content (AvgIpc) is 2.12. The number of hydrogen-bond acceptors (Lipinski definition) is 4. The molecule has 0 saturated heterocycles. The van der Waals surface area contributed by atoms with Gasteiger partial charge in [-0.05, 0) is 0 Å². The minimum atomic E-state index is -1.21. The minimum Gasteiger partial charge on any atom is -0.474 e. The van der Waals surface area contributed by atoms with Crippen LogP contribution in [0.1, 0.15) is 10.7 Å². The molecule has 0 aliphatic rings. The Morgan fingerprint density at radius 3 is 2.67 bits per heavy atom. The quantitative estimate of drug-likeness (QED) is 0.522.